The topological polar surface area (TPSA) is 35.5 Å². The number of ether oxygens (including phenoxy) is 2. The molecule has 1 unspecified atom stereocenters. The lowest BCUT2D eigenvalue weighted by Crippen LogP contribution is -2.15. The van der Waals surface area contributed by atoms with Crippen LogP contribution in [0.15, 0.2) is 24.3 Å². The summed E-state index contributed by atoms with van der Waals surface area (Å²) < 4.78 is 10.6. The van der Waals surface area contributed by atoms with Crippen molar-refractivity contribution in [2.45, 2.75) is 32.8 Å². The van der Waals surface area contributed by atoms with Crippen molar-refractivity contribution in [2.75, 3.05) is 13.7 Å². The molecule has 0 radical (unpaired) electrons. The van der Waals surface area contributed by atoms with Gasteiger partial charge in [-0.3, -0.25) is 4.79 Å². The van der Waals surface area contributed by atoms with E-state index in [1.54, 1.807) is 19.2 Å². The lowest BCUT2D eigenvalue weighted by Gasteiger charge is -2.11. The van der Waals surface area contributed by atoms with Crippen LogP contribution in [0.1, 0.15) is 37.0 Å². The summed E-state index contributed by atoms with van der Waals surface area (Å²) in [6, 6.07) is 7.13. The lowest BCUT2D eigenvalue weighted by molar-refractivity contribution is 0.0490. The zero-order valence-electron chi connectivity index (χ0n) is 10.7. The molecule has 0 bridgehead atoms. The van der Waals surface area contributed by atoms with Gasteiger partial charge in [0.2, 0.25) is 0 Å². The molecule has 0 spiro atoms. The van der Waals surface area contributed by atoms with E-state index in [-0.39, 0.29) is 18.5 Å². The zero-order valence-corrected chi connectivity index (χ0v) is 10.7. The summed E-state index contributed by atoms with van der Waals surface area (Å²) in [5.41, 5.74) is 0.632. The molecule has 3 heteroatoms. The molecule has 0 saturated heterocycles. The van der Waals surface area contributed by atoms with Crippen LogP contribution >= 0.6 is 0 Å². The molecular weight excluding hydrogens is 216 g/mol. The Kier molecular flexibility index (Phi) is 5.70. The molecule has 0 fully saturated rings. The predicted molar refractivity (Wildman–Crippen MR) is 67.6 cm³/mol. The van der Waals surface area contributed by atoms with Gasteiger partial charge in [0.05, 0.1) is 13.2 Å². The first-order valence-electron chi connectivity index (χ1n) is 5.96. The number of methoxy groups -OCH3 is 1. The van der Waals surface area contributed by atoms with E-state index in [9.17, 15) is 4.79 Å². The minimum Gasteiger partial charge on any atom is -0.497 e. The van der Waals surface area contributed by atoms with E-state index in [1.807, 2.05) is 19.1 Å². The van der Waals surface area contributed by atoms with Gasteiger partial charge in [-0.15, -0.1) is 0 Å². The first kappa shape index (κ1) is 13.7. The molecule has 0 aliphatic rings. The van der Waals surface area contributed by atoms with E-state index in [1.165, 1.54) is 0 Å². The van der Waals surface area contributed by atoms with Gasteiger partial charge in [0.1, 0.15) is 12.4 Å². The fourth-order valence-corrected chi connectivity index (χ4v) is 1.59. The summed E-state index contributed by atoms with van der Waals surface area (Å²) in [5.74, 6) is 0.685. The van der Waals surface area contributed by atoms with Crippen LogP contribution in [0.3, 0.4) is 0 Å². The molecule has 1 atom stereocenters. The largest absolute Gasteiger partial charge is 0.497 e. The van der Waals surface area contributed by atoms with Crippen LogP contribution in [0.25, 0.3) is 0 Å². The Morgan fingerprint density at radius 2 is 2.18 bits per heavy atom. The van der Waals surface area contributed by atoms with Crippen LogP contribution in [0.2, 0.25) is 0 Å². The molecule has 17 heavy (non-hydrogen) atoms. The molecule has 0 amide bonds. The number of hydrogen-bond donors (Lipinski definition) is 0. The van der Waals surface area contributed by atoms with Crippen LogP contribution in [0, 0.1) is 0 Å². The molecule has 1 aromatic rings. The van der Waals surface area contributed by atoms with Gasteiger partial charge in [0.25, 0.3) is 0 Å². The van der Waals surface area contributed by atoms with Gasteiger partial charge in [-0.2, -0.15) is 0 Å². The SMILES string of the molecule is CCCC(C)OCC(=O)c1cccc(OC)c1. The average Bonchev–Trinajstić information content (AvgIpc) is 2.36. The Balaban J connectivity index is 2.51. The van der Waals surface area contributed by atoms with Crippen LogP contribution in [-0.2, 0) is 4.74 Å². The van der Waals surface area contributed by atoms with Crippen LogP contribution in [-0.4, -0.2) is 25.6 Å². The maximum atomic E-state index is 11.8. The molecular formula is C14H20O3. The fraction of sp³-hybridized carbons (Fsp3) is 0.500. The van der Waals surface area contributed by atoms with Crippen molar-refractivity contribution >= 4 is 5.78 Å². The third-order valence-corrected chi connectivity index (χ3v) is 2.59. The minimum absolute atomic E-state index is 0.00754. The normalized spacial score (nSPS) is 12.2. The van der Waals surface area contributed by atoms with Crippen molar-refractivity contribution in [2.24, 2.45) is 0 Å². The van der Waals surface area contributed by atoms with Crippen molar-refractivity contribution in [3.05, 3.63) is 29.8 Å². The Morgan fingerprint density at radius 1 is 1.41 bits per heavy atom. The number of Topliss-reactive ketones (excluding diaryl/α,β-unsaturated/α-hetero) is 1. The van der Waals surface area contributed by atoms with Gasteiger partial charge in [-0.1, -0.05) is 25.5 Å². The summed E-state index contributed by atoms with van der Waals surface area (Å²) >= 11 is 0. The van der Waals surface area contributed by atoms with Crippen molar-refractivity contribution in [1.29, 1.82) is 0 Å². The highest BCUT2D eigenvalue weighted by molar-refractivity contribution is 5.97. The van der Waals surface area contributed by atoms with Gasteiger partial charge < -0.3 is 9.47 Å². The third-order valence-electron chi connectivity index (χ3n) is 2.59. The molecule has 0 N–H and O–H groups in total. The average molecular weight is 236 g/mol. The molecule has 0 heterocycles. The smallest absolute Gasteiger partial charge is 0.188 e. The van der Waals surface area contributed by atoms with Gasteiger partial charge in [0.15, 0.2) is 5.78 Å². The van der Waals surface area contributed by atoms with E-state index in [4.69, 9.17) is 9.47 Å². The van der Waals surface area contributed by atoms with Crippen molar-refractivity contribution in [3.8, 4) is 5.75 Å². The minimum atomic E-state index is -0.00754. The lowest BCUT2D eigenvalue weighted by atomic mass is 10.1. The molecule has 0 saturated carbocycles. The summed E-state index contributed by atoms with van der Waals surface area (Å²) in [7, 11) is 1.59. The van der Waals surface area contributed by atoms with Crippen LogP contribution < -0.4 is 4.74 Å². The summed E-state index contributed by atoms with van der Waals surface area (Å²) in [4.78, 5) is 11.8. The zero-order chi connectivity index (χ0) is 12.7. The molecule has 0 aromatic heterocycles. The van der Waals surface area contributed by atoms with Crippen molar-refractivity contribution in [3.63, 3.8) is 0 Å². The molecule has 1 rings (SSSR count). The standard InChI is InChI=1S/C14H20O3/c1-4-6-11(2)17-10-14(15)12-7-5-8-13(9-12)16-3/h5,7-9,11H,4,6,10H2,1-3H3. The van der Waals surface area contributed by atoms with Gasteiger partial charge in [-0.05, 0) is 25.5 Å². The van der Waals surface area contributed by atoms with Crippen LogP contribution in [0.5, 0.6) is 5.75 Å². The fourth-order valence-electron chi connectivity index (χ4n) is 1.59. The highest BCUT2D eigenvalue weighted by Gasteiger charge is 2.09. The number of rotatable bonds is 7. The number of ketones is 1. The third kappa shape index (κ3) is 4.57. The number of carbonyl (C=O) groups is 1. The highest BCUT2D eigenvalue weighted by atomic mass is 16.5. The maximum absolute atomic E-state index is 11.8. The predicted octanol–water partition coefficient (Wildman–Crippen LogP) is 3.08. The quantitative estimate of drug-likeness (QED) is 0.682. The molecule has 0 aliphatic carbocycles. The Morgan fingerprint density at radius 3 is 2.82 bits per heavy atom. The molecule has 94 valence electrons. The Bertz CT molecular complexity index is 360. The maximum Gasteiger partial charge on any atom is 0.188 e. The Hall–Kier alpha value is -1.35. The van der Waals surface area contributed by atoms with Crippen molar-refractivity contribution < 1.29 is 14.3 Å². The van der Waals surface area contributed by atoms with Gasteiger partial charge in [-0.25, -0.2) is 0 Å². The first-order chi connectivity index (χ1) is 8.17. The first-order valence-corrected chi connectivity index (χ1v) is 5.96. The van der Waals surface area contributed by atoms with Crippen molar-refractivity contribution in [1.82, 2.24) is 0 Å². The molecule has 1 aromatic carbocycles. The van der Waals surface area contributed by atoms with E-state index in [0.29, 0.717) is 11.3 Å². The number of benzene rings is 1. The Labute approximate surface area is 103 Å². The summed E-state index contributed by atoms with van der Waals surface area (Å²) in [5, 5.41) is 0. The summed E-state index contributed by atoms with van der Waals surface area (Å²) in [6.45, 7) is 4.22. The van der Waals surface area contributed by atoms with E-state index >= 15 is 0 Å². The van der Waals surface area contributed by atoms with E-state index in [2.05, 4.69) is 6.92 Å². The second-order valence-electron chi connectivity index (χ2n) is 4.07. The second-order valence-corrected chi connectivity index (χ2v) is 4.07. The highest BCUT2D eigenvalue weighted by Crippen LogP contribution is 2.13. The summed E-state index contributed by atoms with van der Waals surface area (Å²) in [6.07, 6.45) is 2.18. The van der Waals surface area contributed by atoms with Gasteiger partial charge in [0, 0.05) is 5.56 Å². The monoisotopic (exact) mass is 236 g/mol. The second kappa shape index (κ2) is 7.07. The van der Waals surface area contributed by atoms with E-state index < -0.39 is 0 Å². The van der Waals surface area contributed by atoms with Gasteiger partial charge >= 0.3 is 0 Å². The van der Waals surface area contributed by atoms with Crippen LogP contribution in [0.4, 0.5) is 0 Å². The molecule has 3 nitrogen and oxygen atoms in total. The molecule has 0 aliphatic heterocycles. The number of hydrogen-bond acceptors (Lipinski definition) is 3. The van der Waals surface area contributed by atoms with E-state index in [0.717, 1.165) is 12.8 Å². The number of carbonyl (C=O) groups excluding carboxylic acids is 1.